The molecule has 0 aromatic heterocycles. The first-order valence-electron chi connectivity index (χ1n) is 11.0. The van der Waals surface area contributed by atoms with E-state index in [2.05, 4.69) is 33.0 Å². The van der Waals surface area contributed by atoms with E-state index in [1.807, 2.05) is 36.4 Å². The molecule has 0 heterocycles. The van der Waals surface area contributed by atoms with Crippen LogP contribution in [0.4, 0.5) is 0 Å². The molecule has 0 unspecified atom stereocenters. The van der Waals surface area contributed by atoms with Crippen molar-refractivity contribution in [1.82, 2.24) is 0 Å². The highest BCUT2D eigenvalue weighted by atomic mass is 35.5. The molecule has 0 N–H and O–H groups in total. The van der Waals surface area contributed by atoms with Crippen LogP contribution in [-0.4, -0.2) is 51.0 Å². The van der Waals surface area contributed by atoms with E-state index in [1.54, 1.807) is 0 Å². The molecule has 0 aliphatic rings. The van der Waals surface area contributed by atoms with Crippen LogP contribution < -0.4 is 4.74 Å². The number of quaternary nitrogens is 1. The number of nitrogens with zero attached hydrogens (tertiary/aromatic N) is 1. The van der Waals surface area contributed by atoms with E-state index in [0.717, 1.165) is 28.8 Å². The molecule has 0 fully saturated rings. The van der Waals surface area contributed by atoms with E-state index in [4.69, 9.17) is 21.1 Å². The number of hydrogen-bond donors (Lipinski definition) is 0. The highest BCUT2D eigenvalue weighted by Crippen LogP contribution is 2.30. The molecular formula is C25H37ClNO2+. The SMILES string of the molecule is CCCC[N+](C)(CCCC)CCOCCOc1ccc(-c2ccccc2)cc1Cl. The summed E-state index contributed by atoms with van der Waals surface area (Å²) in [5.41, 5.74) is 2.24. The van der Waals surface area contributed by atoms with Crippen molar-refractivity contribution in [3.63, 3.8) is 0 Å². The lowest BCUT2D eigenvalue weighted by Gasteiger charge is -2.34. The molecule has 3 nitrogen and oxygen atoms in total. The molecule has 0 spiro atoms. The van der Waals surface area contributed by atoms with E-state index >= 15 is 0 Å². The minimum absolute atomic E-state index is 0.512. The van der Waals surface area contributed by atoms with E-state index in [1.165, 1.54) is 38.8 Å². The Labute approximate surface area is 182 Å². The van der Waals surface area contributed by atoms with Gasteiger partial charge in [0.15, 0.2) is 0 Å². The van der Waals surface area contributed by atoms with Crippen molar-refractivity contribution in [2.75, 3.05) is 46.5 Å². The molecule has 0 radical (unpaired) electrons. The number of halogens is 1. The van der Waals surface area contributed by atoms with Crippen molar-refractivity contribution in [3.05, 3.63) is 53.6 Å². The Balaban J connectivity index is 1.73. The molecule has 2 rings (SSSR count). The molecule has 0 saturated carbocycles. The number of ether oxygens (including phenoxy) is 2. The van der Waals surface area contributed by atoms with Crippen molar-refractivity contribution >= 4 is 11.6 Å². The van der Waals surface area contributed by atoms with Gasteiger partial charge in [0, 0.05) is 0 Å². The average molecular weight is 419 g/mol. The van der Waals surface area contributed by atoms with Crippen LogP contribution in [0.15, 0.2) is 48.5 Å². The monoisotopic (exact) mass is 418 g/mol. The molecule has 160 valence electrons. The summed E-state index contributed by atoms with van der Waals surface area (Å²) < 4.78 is 12.8. The first-order valence-corrected chi connectivity index (χ1v) is 11.3. The lowest BCUT2D eigenvalue weighted by atomic mass is 10.1. The third-order valence-corrected chi connectivity index (χ3v) is 5.70. The van der Waals surface area contributed by atoms with Gasteiger partial charge in [-0.25, -0.2) is 0 Å². The van der Waals surface area contributed by atoms with E-state index in [0.29, 0.717) is 24.0 Å². The largest absolute Gasteiger partial charge is 0.490 e. The lowest BCUT2D eigenvalue weighted by Crippen LogP contribution is -2.47. The van der Waals surface area contributed by atoms with Crippen LogP contribution in [0.5, 0.6) is 5.75 Å². The van der Waals surface area contributed by atoms with Gasteiger partial charge >= 0.3 is 0 Å². The topological polar surface area (TPSA) is 18.5 Å². The molecular weight excluding hydrogens is 382 g/mol. The second-order valence-electron chi connectivity index (χ2n) is 7.97. The molecule has 0 atom stereocenters. The number of hydrogen-bond acceptors (Lipinski definition) is 2. The standard InChI is InChI=1S/C25H37ClNO2/c1-4-6-15-27(3,16-7-5-2)17-18-28-19-20-29-25-14-13-23(21-24(25)26)22-11-9-8-10-12-22/h8-14,21H,4-7,15-20H2,1-3H3/q+1. The number of likely N-dealkylation sites (N-methyl/N-ethyl adjacent to an activating group) is 1. The lowest BCUT2D eigenvalue weighted by molar-refractivity contribution is -0.910. The third-order valence-electron chi connectivity index (χ3n) is 5.40. The zero-order chi connectivity index (χ0) is 21.0. The van der Waals surface area contributed by atoms with Crippen LogP contribution in [0.25, 0.3) is 11.1 Å². The van der Waals surface area contributed by atoms with Gasteiger partial charge in [0.2, 0.25) is 0 Å². The quantitative estimate of drug-likeness (QED) is 0.259. The molecule has 0 bridgehead atoms. The number of rotatable bonds is 14. The maximum atomic E-state index is 6.41. The van der Waals surface area contributed by atoms with Gasteiger partial charge in [0.25, 0.3) is 0 Å². The van der Waals surface area contributed by atoms with Crippen LogP contribution in [0, 0.1) is 0 Å². The molecule has 2 aromatic rings. The van der Waals surface area contributed by atoms with Crippen LogP contribution in [0.3, 0.4) is 0 Å². The van der Waals surface area contributed by atoms with Crippen LogP contribution >= 0.6 is 11.6 Å². The molecule has 4 heteroatoms. The fourth-order valence-electron chi connectivity index (χ4n) is 3.44. The first kappa shape index (κ1) is 23.7. The summed E-state index contributed by atoms with van der Waals surface area (Å²) in [4.78, 5) is 0. The normalized spacial score (nSPS) is 11.6. The molecule has 0 aliphatic heterocycles. The summed E-state index contributed by atoms with van der Waals surface area (Å²) in [7, 11) is 2.36. The summed E-state index contributed by atoms with van der Waals surface area (Å²) in [5, 5.41) is 0.634. The smallest absolute Gasteiger partial charge is 0.138 e. The van der Waals surface area contributed by atoms with E-state index < -0.39 is 0 Å². The summed E-state index contributed by atoms with van der Waals surface area (Å²) >= 11 is 6.41. The van der Waals surface area contributed by atoms with Gasteiger partial charge in [-0.1, -0.05) is 74.7 Å². The third kappa shape index (κ3) is 8.38. The highest BCUT2D eigenvalue weighted by Gasteiger charge is 2.19. The molecule has 2 aromatic carbocycles. The minimum atomic E-state index is 0.512. The van der Waals surface area contributed by atoms with Gasteiger partial charge in [-0.3, -0.25) is 0 Å². The van der Waals surface area contributed by atoms with E-state index in [-0.39, 0.29) is 0 Å². The zero-order valence-corrected chi connectivity index (χ0v) is 19.1. The maximum absolute atomic E-state index is 6.41. The fraction of sp³-hybridized carbons (Fsp3) is 0.520. The predicted octanol–water partition coefficient (Wildman–Crippen LogP) is 6.45. The average Bonchev–Trinajstić information content (AvgIpc) is 2.75. The Bertz CT molecular complexity index is 697. The van der Waals surface area contributed by atoms with Gasteiger partial charge in [-0.05, 0) is 36.1 Å². The molecule has 0 amide bonds. The van der Waals surface area contributed by atoms with Crippen LogP contribution in [0.1, 0.15) is 39.5 Å². The molecule has 0 aliphatic carbocycles. The van der Waals surface area contributed by atoms with Gasteiger partial charge in [0.05, 0.1) is 38.4 Å². The Hall–Kier alpha value is -1.55. The van der Waals surface area contributed by atoms with Crippen molar-refractivity contribution < 1.29 is 14.0 Å². The summed E-state index contributed by atoms with van der Waals surface area (Å²) in [6.45, 7) is 9.92. The number of benzene rings is 2. The van der Waals surface area contributed by atoms with Crippen molar-refractivity contribution in [2.45, 2.75) is 39.5 Å². The second-order valence-corrected chi connectivity index (χ2v) is 8.38. The predicted molar refractivity (Wildman–Crippen MR) is 124 cm³/mol. The van der Waals surface area contributed by atoms with Crippen molar-refractivity contribution in [3.8, 4) is 16.9 Å². The van der Waals surface area contributed by atoms with Crippen molar-refractivity contribution in [2.24, 2.45) is 0 Å². The molecule has 29 heavy (non-hydrogen) atoms. The molecule has 0 saturated heterocycles. The Morgan fingerprint density at radius 2 is 1.48 bits per heavy atom. The van der Waals surface area contributed by atoms with E-state index in [9.17, 15) is 0 Å². The Morgan fingerprint density at radius 1 is 0.793 bits per heavy atom. The van der Waals surface area contributed by atoms with Gasteiger partial charge in [-0.15, -0.1) is 0 Å². The Kier molecular flexibility index (Phi) is 10.5. The fourth-order valence-corrected chi connectivity index (χ4v) is 3.68. The highest BCUT2D eigenvalue weighted by molar-refractivity contribution is 6.32. The van der Waals surface area contributed by atoms with Gasteiger partial charge < -0.3 is 14.0 Å². The van der Waals surface area contributed by atoms with Crippen LogP contribution in [-0.2, 0) is 4.74 Å². The summed E-state index contributed by atoms with van der Waals surface area (Å²) in [5.74, 6) is 0.710. The van der Waals surface area contributed by atoms with Crippen LogP contribution in [0.2, 0.25) is 5.02 Å². The van der Waals surface area contributed by atoms with Gasteiger partial charge in [0.1, 0.15) is 18.9 Å². The minimum Gasteiger partial charge on any atom is -0.490 e. The zero-order valence-electron chi connectivity index (χ0n) is 18.3. The second kappa shape index (κ2) is 12.9. The first-order chi connectivity index (χ1) is 14.1. The number of unbranched alkanes of at least 4 members (excludes halogenated alkanes) is 2. The summed E-state index contributed by atoms with van der Waals surface area (Å²) in [6, 6.07) is 16.2. The van der Waals surface area contributed by atoms with Crippen molar-refractivity contribution in [1.29, 1.82) is 0 Å². The Morgan fingerprint density at radius 3 is 2.10 bits per heavy atom. The summed E-state index contributed by atoms with van der Waals surface area (Å²) in [6.07, 6.45) is 5.05. The maximum Gasteiger partial charge on any atom is 0.138 e. The van der Waals surface area contributed by atoms with Gasteiger partial charge in [-0.2, -0.15) is 0 Å².